The van der Waals surface area contributed by atoms with Gasteiger partial charge in [0.2, 0.25) is 0 Å². The molecule has 0 amide bonds. The number of nitrogens with zero attached hydrogens (tertiary/aromatic N) is 1. The van der Waals surface area contributed by atoms with Crippen LogP contribution in [0.5, 0.6) is 0 Å². The lowest BCUT2D eigenvalue weighted by molar-refractivity contribution is -0.207. The Labute approximate surface area is 56.6 Å². The first-order valence-corrected chi connectivity index (χ1v) is 2.72. The van der Waals surface area contributed by atoms with Gasteiger partial charge in [0.05, 0.1) is 6.61 Å². The lowest BCUT2D eigenvalue weighted by Gasteiger charge is -1.96. The zero-order valence-corrected chi connectivity index (χ0v) is 5.10. The lowest BCUT2D eigenvalue weighted by Crippen LogP contribution is -2.23. The standard InChI is InChI=1S/C4H9NO5/c6-2-1-5-3(7,8)4(5,9)10/h6-10H,1-2H2. The molecular formula is C4H9NO5. The van der Waals surface area contributed by atoms with Gasteiger partial charge in [-0.15, -0.1) is 0 Å². The van der Waals surface area contributed by atoms with Gasteiger partial charge in [-0.2, -0.15) is 4.90 Å². The van der Waals surface area contributed by atoms with Crippen LogP contribution in [0, 0.1) is 0 Å². The van der Waals surface area contributed by atoms with Crippen molar-refractivity contribution in [2.75, 3.05) is 13.2 Å². The van der Waals surface area contributed by atoms with E-state index in [1.54, 1.807) is 0 Å². The lowest BCUT2D eigenvalue weighted by atomic mass is 10.6. The fraction of sp³-hybridized carbons (Fsp3) is 1.00. The topological polar surface area (TPSA) is 104 Å². The van der Waals surface area contributed by atoms with E-state index in [0.29, 0.717) is 4.90 Å². The molecule has 5 N–H and O–H groups in total. The Kier molecular flexibility index (Phi) is 1.48. The minimum Gasteiger partial charge on any atom is -0.395 e. The molecule has 1 rings (SSSR count). The molecule has 0 spiro atoms. The second kappa shape index (κ2) is 1.88. The van der Waals surface area contributed by atoms with E-state index in [0.717, 1.165) is 0 Å². The van der Waals surface area contributed by atoms with Crippen molar-refractivity contribution in [2.45, 2.75) is 11.8 Å². The highest BCUT2D eigenvalue weighted by molar-refractivity contribution is 4.99. The van der Waals surface area contributed by atoms with Crippen molar-refractivity contribution in [3.05, 3.63) is 0 Å². The van der Waals surface area contributed by atoms with Gasteiger partial charge in [-0.3, -0.25) is 0 Å². The molecule has 1 saturated heterocycles. The van der Waals surface area contributed by atoms with Crippen LogP contribution in [0.3, 0.4) is 0 Å². The maximum absolute atomic E-state index is 8.62. The number of aliphatic hydroxyl groups excluding tert-OH is 1. The van der Waals surface area contributed by atoms with E-state index in [4.69, 9.17) is 25.5 Å². The van der Waals surface area contributed by atoms with Gasteiger partial charge in [0.25, 0.3) is 0 Å². The summed E-state index contributed by atoms with van der Waals surface area (Å²) in [6.07, 6.45) is 0. The summed E-state index contributed by atoms with van der Waals surface area (Å²) in [7, 11) is 0. The molecule has 1 fully saturated rings. The van der Waals surface area contributed by atoms with Gasteiger partial charge >= 0.3 is 11.8 Å². The summed E-state index contributed by atoms with van der Waals surface area (Å²) in [4.78, 5) is 0.528. The molecule has 0 aromatic carbocycles. The third kappa shape index (κ3) is 0.749. The van der Waals surface area contributed by atoms with Crippen LogP contribution in [-0.2, 0) is 0 Å². The van der Waals surface area contributed by atoms with Crippen LogP contribution in [0.1, 0.15) is 0 Å². The summed E-state index contributed by atoms with van der Waals surface area (Å²) in [5.41, 5.74) is 0. The Balaban J connectivity index is 2.54. The summed E-state index contributed by atoms with van der Waals surface area (Å²) in [6.45, 7) is -0.564. The van der Waals surface area contributed by atoms with Crippen molar-refractivity contribution in [1.82, 2.24) is 4.90 Å². The predicted molar refractivity (Wildman–Crippen MR) is 28.1 cm³/mol. The molecule has 10 heavy (non-hydrogen) atoms. The first kappa shape index (κ1) is 7.86. The summed E-state index contributed by atoms with van der Waals surface area (Å²) in [6, 6.07) is 0. The first-order chi connectivity index (χ1) is 4.44. The maximum Gasteiger partial charge on any atom is 0.302 e. The molecule has 6 heteroatoms. The molecule has 0 bridgehead atoms. The zero-order valence-electron chi connectivity index (χ0n) is 5.10. The normalized spacial score (nSPS) is 28.5. The fourth-order valence-electron chi connectivity index (χ4n) is 0.778. The van der Waals surface area contributed by atoms with E-state index in [1.165, 1.54) is 0 Å². The van der Waals surface area contributed by atoms with Crippen molar-refractivity contribution >= 4 is 0 Å². The zero-order chi connectivity index (χ0) is 7.99. The molecule has 1 heterocycles. The SMILES string of the molecule is OCCN1C(O)(O)C1(O)O. The number of rotatable bonds is 2. The van der Waals surface area contributed by atoms with Gasteiger partial charge in [0.1, 0.15) is 0 Å². The Morgan fingerprint density at radius 1 is 1.00 bits per heavy atom. The average molecular weight is 151 g/mol. The predicted octanol–water partition coefficient (Wildman–Crippen LogP) is -3.43. The van der Waals surface area contributed by atoms with E-state index in [2.05, 4.69) is 0 Å². The third-order valence-electron chi connectivity index (χ3n) is 1.48. The molecule has 1 aliphatic rings. The highest BCUT2D eigenvalue weighted by Crippen LogP contribution is 2.42. The van der Waals surface area contributed by atoms with Gasteiger partial charge in [-0.1, -0.05) is 0 Å². The van der Waals surface area contributed by atoms with Crippen LogP contribution in [-0.4, -0.2) is 55.4 Å². The van der Waals surface area contributed by atoms with Crippen LogP contribution < -0.4 is 0 Å². The van der Waals surface area contributed by atoms with Gasteiger partial charge in [0.15, 0.2) is 0 Å². The van der Waals surface area contributed by atoms with E-state index >= 15 is 0 Å². The number of β-amino-alcohol motifs (C(OH)–C–C–N with tert-alkyl or cyclic N) is 1. The quantitative estimate of drug-likeness (QED) is 0.208. The van der Waals surface area contributed by atoms with Crippen LogP contribution in [0.4, 0.5) is 0 Å². The smallest absolute Gasteiger partial charge is 0.302 e. The average Bonchev–Trinajstić information content (AvgIpc) is 2.13. The second-order valence-electron chi connectivity index (χ2n) is 2.15. The Hall–Kier alpha value is -0.240. The third-order valence-corrected chi connectivity index (χ3v) is 1.48. The second-order valence-corrected chi connectivity index (χ2v) is 2.15. The van der Waals surface area contributed by atoms with Crippen molar-refractivity contribution in [3.8, 4) is 0 Å². The van der Waals surface area contributed by atoms with Gasteiger partial charge in [0, 0.05) is 6.54 Å². The Morgan fingerprint density at radius 2 is 1.40 bits per heavy atom. The van der Waals surface area contributed by atoms with Crippen molar-refractivity contribution < 1.29 is 25.5 Å². The molecule has 0 unspecified atom stereocenters. The largest absolute Gasteiger partial charge is 0.395 e. The summed E-state index contributed by atoms with van der Waals surface area (Å²) in [5, 5.41) is 42.7. The molecule has 0 radical (unpaired) electrons. The van der Waals surface area contributed by atoms with Crippen LogP contribution in [0.25, 0.3) is 0 Å². The summed E-state index contributed by atoms with van der Waals surface area (Å²) >= 11 is 0. The Morgan fingerprint density at radius 3 is 1.50 bits per heavy atom. The highest BCUT2D eigenvalue weighted by Gasteiger charge is 2.75. The molecule has 0 aromatic heterocycles. The highest BCUT2D eigenvalue weighted by atomic mass is 16.7. The number of hydrogen-bond acceptors (Lipinski definition) is 6. The molecule has 0 aliphatic carbocycles. The van der Waals surface area contributed by atoms with Crippen molar-refractivity contribution in [1.29, 1.82) is 0 Å². The fourth-order valence-corrected chi connectivity index (χ4v) is 0.778. The summed E-state index contributed by atoms with van der Waals surface area (Å²) < 4.78 is 0. The molecule has 1 aliphatic heterocycles. The van der Waals surface area contributed by atoms with Crippen LogP contribution >= 0.6 is 0 Å². The molecular weight excluding hydrogens is 142 g/mol. The minimum absolute atomic E-state index is 0.194. The van der Waals surface area contributed by atoms with E-state index in [1.807, 2.05) is 0 Å². The minimum atomic E-state index is -2.60. The summed E-state index contributed by atoms with van der Waals surface area (Å²) in [5.74, 6) is -5.20. The van der Waals surface area contributed by atoms with Gasteiger partial charge < -0.3 is 25.5 Å². The molecule has 0 atom stereocenters. The number of hydrogen-bond donors (Lipinski definition) is 5. The number of aliphatic hydroxyl groups is 5. The van der Waals surface area contributed by atoms with E-state index < -0.39 is 11.8 Å². The van der Waals surface area contributed by atoms with Crippen LogP contribution in [0.2, 0.25) is 0 Å². The van der Waals surface area contributed by atoms with E-state index in [-0.39, 0.29) is 13.2 Å². The molecule has 60 valence electrons. The molecule has 0 saturated carbocycles. The van der Waals surface area contributed by atoms with Crippen molar-refractivity contribution in [2.24, 2.45) is 0 Å². The van der Waals surface area contributed by atoms with Gasteiger partial charge in [-0.05, 0) is 0 Å². The molecule has 6 nitrogen and oxygen atoms in total. The molecule has 0 aromatic rings. The van der Waals surface area contributed by atoms with Gasteiger partial charge in [-0.25, -0.2) is 0 Å². The first-order valence-electron chi connectivity index (χ1n) is 2.72. The van der Waals surface area contributed by atoms with Crippen LogP contribution in [0.15, 0.2) is 0 Å². The Bertz CT molecular complexity index is 131. The maximum atomic E-state index is 8.62. The van der Waals surface area contributed by atoms with E-state index in [9.17, 15) is 0 Å². The van der Waals surface area contributed by atoms with Crippen molar-refractivity contribution in [3.63, 3.8) is 0 Å². The monoisotopic (exact) mass is 151 g/mol.